The zero-order chi connectivity index (χ0) is 26.5. The van der Waals surface area contributed by atoms with E-state index < -0.39 is 15.3 Å². The lowest BCUT2D eigenvalue weighted by atomic mass is 9.77. The maximum Gasteiger partial charge on any atom is 0.229 e. The Labute approximate surface area is 213 Å². The largest absolute Gasteiger partial charge is 0.493 e. The summed E-state index contributed by atoms with van der Waals surface area (Å²) in [6, 6.07) is 9.17. The van der Waals surface area contributed by atoms with Crippen molar-refractivity contribution in [3.8, 4) is 28.7 Å². The monoisotopic (exact) mass is 521 g/mol. The Morgan fingerprint density at radius 2 is 1.42 bits per heavy atom. The molecule has 1 fully saturated rings. The first-order valence-electron chi connectivity index (χ1n) is 11.6. The van der Waals surface area contributed by atoms with Crippen LogP contribution in [0, 0.1) is 5.41 Å². The molecule has 36 heavy (non-hydrogen) atoms. The minimum absolute atomic E-state index is 0.0654. The summed E-state index contributed by atoms with van der Waals surface area (Å²) in [5.74, 6) is 2.51. The van der Waals surface area contributed by atoms with Gasteiger partial charge in [0.2, 0.25) is 11.7 Å². The van der Waals surface area contributed by atoms with Crippen LogP contribution in [0.4, 0.5) is 0 Å². The Kier molecular flexibility index (Phi) is 8.60. The van der Waals surface area contributed by atoms with E-state index in [0.717, 1.165) is 11.1 Å². The van der Waals surface area contributed by atoms with Crippen molar-refractivity contribution in [1.29, 1.82) is 0 Å². The second-order valence-corrected chi connectivity index (χ2v) is 11.3. The third-order valence-corrected chi connectivity index (χ3v) is 7.59. The summed E-state index contributed by atoms with van der Waals surface area (Å²) in [4.78, 5) is 15.6. The van der Waals surface area contributed by atoms with Gasteiger partial charge in [0.1, 0.15) is 9.84 Å². The molecule has 0 radical (unpaired) electrons. The van der Waals surface area contributed by atoms with Crippen molar-refractivity contribution >= 4 is 15.7 Å². The number of nitrogens with zero attached hydrogens (tertiary/aromatic N) is 1. The molecule has 1 heterocycles. The summed E-state index contributed by atoms with van der Waals surface area (Å²) in [5, 5.41) is 0. The molecule has 1 unspecified atom stereocenters. The smallest absolute Gasteiger partial charge is 0.229 e. The molecule has 9 nitrogen and oxygen atoms in total. The average Bonchev–Trinajstić information content (AvgIpc) is 3.16. The molecule has 198 valence electrons. The van der Waals surface area contributed by atoms with Crippen LogP contribution in [0.25, 0.3) is 0 Å². The van der Waals surface area contributed by atoms with Crippen LogP contribution >= 0.6 is 0 Å². The molecule has 1 saturated heterocycles. The predicted octanol–water partition coefficient (Wildman–Crippen LogP) is 3.13. The van der Waals surface area contributed by atoms with Crippen LogP contribution in [-0.4, -0.2) is 73.3 Å². The number of ether oxygens (including phenoxy) is 5. The van der Waals surface area contributed by atoms with Gasteiger partial charge in [-0.1, -0.05) is 6.07 Å². The minimum Gasteiger partial charge on any atom is -0.493 e. The molecule has 2 aromatic rings. The first-order valence-corrected chi connectivity index (χ1v) is 13.6. The summed E-state index contributed by atoms with van der Waals surface area (Å²) >= 11 is 0. The van der Waals surface area contributed by atoms with Crippen LogP contribution in [0.2, 0.25) is 0 Å². The van der Waals surface area contributed by atoms with Gasteiger partial charge in [-0.3, -0.25) is 4.79 Å². The van der Waals surface area contributed by atoms with Gasteiger partial charge in [0.05, 0.1) is 46.7 Å². The van der Waals surface area contributed by atoms with Gasteiger partial charge in [-0.15, -0.1) is 0 Å². The van der Waals surface area contributed by atoms with E-state index in [-0.39, 0.29) is 18.1 Å². The highest BCUT2D eigenvalue weighted by Gasteiger charge is 2.46. The van der Waals surface area contributed by atoms with Gasteiger partial charge in [-0.05, 0) is 54.7 Å². The summed E-state index contributed by atoms with van der Waals surface area (Å²) in [6.45, 7) is 0.842. The lowest BCUT2D eigenvalue weighted by Gasteiger charge is -2.28. The summed E-state index contributed by atoms with van der Waals surface area (Å²) in [6.07, 6.45) is 2.38. The van der Waals surface area contributed by atoms with Crippen LogP contribution in [0.1, 0.15) is 24.0 Å². The molecule has 0 aliphatic carbocycles. The predicted molar refractivity (Wildman–Crippen MR) is 136 cm³/mol. The van der Waals surface area contributed by atoms with Crippen LogP contribution in [0.15, 0.2) is 30.3 Å². The van der Waals surface area contributed by atoms with Crippen molar-refractivity contribution in [2.75, 3.05) is 54.1 Å². The molecule has 1 aliphatic heterocycles. The number of hydrogen-bond acceptors (Lipinski definition) is 8. The van der Waals surface area contributed by atoms with Crippen LogP contribution in [0.3, 0.4) is 0 Å². The molecule has 10 heteroatoms. The summed E-state index contributed by atoms with van der Waals surface area (Å²) < 4.78 is 51.1. The van der Waals surface area contributed by atoms with Gasteiger partial charge in [0.15, 0.2) is 23.0 Å². The average molecular weight is 522 g/mol. The van der Waals surface area contributed by atoms with Gasteiger partial charge in [0, 0.05) is 19.3 Å². The number of rotatable bonds is 12. The van der Waals surface area contributed by atoms with Crippen molar-refractivity contribution in [2.45, 2.75) is 25.8 Å². The molecular formula is C26H35NO8S. The summed E-state index contributed by atoms with van der Waals surface area (Å²) in [5.41, 5.74) is 0.857. The Balaban J connectivity index is 1.92. The zero-order valence-electron chi connectivity index (χ0n) is 21.8. The first kappa shape index (κ1) is 27.4. The molecule has 1 aliphatic rings. The molecule has 0 aromatic heterocycles. The molecule has 0 N–H and O–H groups in total. The van der Waals surface area contributed by atoms with E-state index in [0.29, 0.717) is 54.7 Å². The maximum absolute atomic E-state index is 13.9. The van der Waals surface area contributed by atoms with E-state index in [1.165, 1.54) is 13.4 Å². The number of methoxy groups -OCH3 is 5. The number of carbonyl (C=O) groups excluding carboxylic acids is 1. The third kappa shape index (κ3) is 5.98. The highest BCUT2D eigenvalue weighted by atomic mass is 32.2. The lowest BCUT2D eigenvalue weighted by molar-refractivity contribution is -0.136. The quantitative estimate of drug-likeness (QED) is 0.420. The number of likely N-dealkylation sites (tertiary alicyclic amines) is 1. The topological polar surface area (TPSA) is 101 Å². The van der Waals surface area contributed by atoms with Crippen molar-refractivity contribution in [3.63, 3.8) is 0 Å². The van der Waals surface area contributed by atoms with Crippen LogP contribution in [-0.2, 0) is 27.6 Å². The fourth-order valence-corrected chi connectivity index (χ4v) is 5.50. The molecular weight excluding hydrogens is 486 g/mol. The van der Waals surface area contributed by atoms with E-state index in [9.17, 15) is 13.2 Å². The maximum atomic E-state index is 13.9. The van der Waals surface area contributed by atoms with Gasteiger partial charge in [-0.25, -0.2) is 8.42 Å². The minimum atomic E-state index is -3.25. The SMILES string of the molecule is COc1ccc(CC2(CCS(C)(=O)=O)CCN(Cc3cc(OC)c(OC)c(OC)c3)C2=O)cc1OC. The second-order valence-electron chi connectivity index (χ2n) is 9.04. The molecule has 1 amide bonds. The first-order chi connectivity index (χ1) is 17.1. The molecule has 2 aromatic carbocycles. The fraction of sp³-hybridized carbons (Fsp3) is 0.500. The van der Waals surface area contributed by atoms with Crippen molar-refractivity contribution in [2.24, 2.45) is 5.41 Å². The Morgan fingerprint density at radius 1 is 0.833 bits per heavy atom. The molecule has 0 bridgehead atoms. The summed E-state index contributed by atoms with van der Waals surface area (Å²) in [7, 11) is 4.49. The standard InChI is InChI=1S/C26H35NO8S/c1-31-20-8-7-18(13-21(20)32-2)16-26(10-12-36(6,29)30)9-11-27(25(26)28)17-19-14-22(33-3)24(35-5)23(15-19)34-4/h7-8,13-15H,9-12,16-17H2,1-6H3. The van der Waals surface area contributed by atoms with E-state index in [1.807, 2.05) is 24.3 Å². The number of benzene rings is 2. The third-order valence-electron chi connectivity index (χ3n) is 6.64. The van der Waals surface area contributed by atoms with E-state index in [1.54, 1.807) is 39.4 Å². The highest BCUT2D eigenvalue weighted by Crippen LogP contribution is 2.43. The van der Waals surface area contributed by atoms with E-state index >= 15 is 0 Å². The Bertz CT molecular complexity index is 1170. The number of sulfone groups is 1. The fourth-order valence-electron chi connectivity index (χ4n) is 4.74. The molecule has 3 rings (SSSR count). The molecule has 0 saturated carbocycles. The van der Waals surface area contributed by atoms with Crippen LogP contribution in [0.5, 0.6) is 28.7 Å². The normalized spacial score (nSPS) is 17.7. The number of hydrogen-bond donors (Lipinski definition) is 0. The van der Waals surface area contributed by atoms with E-state index in [4.69, 9.17) is 23.7 Å². The van der Waals surface area contributed by atoms with Gasteiger partial charge in [0.25, 0.3) is 0 Å². The van der Waals surface area contributed by atoms with Crippen molar-refractivity contribution < 1.29 is 36.9 Å². The highest BCUT2D eigenvalue weighted by molar-refractivity contribution is 7.90. The number of amides is 1. The zero-order valence-corrected chi connectivity index (χ0v) is 22.6. The van der Waals surface area contributed by atoms with Crippen LogP contribution < -0.4 is 23.7 Å². The Hall–Kier alpha value is -3.14. The van der Waals surface area contributed by atoms with Gasteiger partial charge < -0.3 is 28.6 Å². The molecule has 0 spiro atoms. The second kappa shape index (κ2) is 11.3. The lowest BCUT2D eigenvalue weighted by Crippen LogP contribution is -2.37. The van der Waals surface area contributed by atoms with Gasteiger partial charge >= 0.3 is 0 Å². The van der Waals surface area contributed by atoms with Crippen molar-refractivity contribution in [3.05, 3.63) is 41.5 Å². The van der Waals surface area contributed by atoms with Gasteiger partial charge in [-0.2, -0.15) is 0 Å². The molecule has 1 atom stereocenters. The van der Waals surface area contributed by atoms with Crippen molar-refractivity contribution in [1.82, 2.24) is 4.90 Å². The van der Waals surface area contributed by atoms with E-state index in [2.05, 4.69) is 0 Å². The Morgan fingerprint density at radius 3 is 1.94 bits per heavy atom. The number of carbonyl (C=O) groups is 1.